The molecule has 0 aliphatic carbocycles. The SMILES string of the molecule is COCCc1ncccc1C. The lowest BCUT2D eigenvalue weighted by atomic mass is 10.2. The van der Waals surface area contributed by atoms with Crippen LogP contribution in [-0.4, -0.2) is 18.7 Å². The van der Waals surface area contributed by atoms with E-state index in [-0.39, 0.29) is 0 Å². The molecule has 60 valence electrons. The van der Waals surface area contributed by atoms with Gasteiger partial charge in [0, 0.05) is 25.4 Å². The molecule has 1 aromatic rings. The van der Waals surface area contributed by atoms with Gasteiger partial charge in [0.05, 0.1) is 6.61 Å². The minimum atomic E-state index is 0.748. The molecule has 0 bridgehead atoms. The van der Waals surface area contributed by atoms with E-state index in [2.05, 4.69) is 18.0 Å². The number of nitrogens with zero attached hydrogens (tertiary/aromatic N) is 1. The van der Waals surface area contributed by atoms with Crippen molar-refractivity contribution >= 4 is 0 Å². The minimum absolute atomic E-state index is 0.748. The maximum atomic E-state index is 4.96. The summed E-state index contributed by atoms with van der Waals surface area (Å²) in [5.74, 6) is 0. The normalized spacial score (nSPS) is 10.0. The number of pyridine rings is 1. The van der Waals surface area contributed by atoms with Crippen LogP contribution in [0.1, 0.15) is 11.3 Å². The van der Waals surface area contributed by atoms with Crippen molar-refractivity contribution in [2.45, 2.75) is 13.3 Å². The van der Waals surface area contributed by atoms with E-state index in [4.69, 9.17) is 4.74 Å². The second-order valence-electron chi connectivity index (χ2n) is 2.51. The number of hydrogen-bond donors (Lipinski definition) is 0. The van der Waals surface area contributed by atoms with Crippen molar-refractivity contribution in [2.75, 3.05) is 13.7 Å². The third-order valence-corrected chi connectivity index (χ3v) is 1.66. The van der Waals surface area contributed by atoms with Crippen LogP contribution in [0.5, 0.6) is 0 Å². The van der Waals surface area contributed by atoms with Crippen molar-refractivity contribution in [1.82, 2.24) is 4.98 Å². The summed E-state index contributed by atoms with van der Waals surface area (Å²) in [5.41, 5.74) is 2.37. The quantitative estimate of drug-likeness (QED) is 0.654. The minimum Gasteiger partial charge on any atom is -0.384 e. The van der Waals surface area contributed by atoms with E-state index in [9.17, 15) is 0 Å². The van der Waals surface area contributed by atoms with Crippen molar-refractivity contribution in [1.29, 1.82) is 0 Å². The summed E-state index contributed by atoms with van der Waals surface area (Å²) in [6.45, 7) is 2.82. The lowest BCUT2D eigenvalue weighted by molar-refractivity contribution is 0.201. The van der Waals surface area contributed by atoms with Crippen LogP contribution >= 0.6 is 0 Å². The molecule has 0 N–H and O–H groups in total. The summed E-state index contributed by atoms with van der Waals surface area (Å²) in [5, 5.41) is 0. The van der Waals surface area contributed by atoms with E-state index in [0.717, 1.165) is 18.7 Å². The number of aryl methyl sites for hydroxylation is 1. The predicted molar refractivity (Wildman–Crippen MR) is 44.6 cm³/mol. The monoisotopic (exact) mass is 151 g/mol. The van der Waals surface area contributed by atoms with Gasteiger partial charge in [-0.05, 0) is 18.6 Å². The Kier molecular flexibility index (Phi) is 3.05. The molecule has 0 unspecified atom stereocenters. The van der Waals surface area contributed by atoms with Gasteiger partial charge in [0.2, 0.25) is 0 Å². The standard InChI is InChI=1S/C9H13NO/c1-8-4-3-6-10-9(8)5-7-11-2/h3-4,6H,5,7H2,1-2H3. The maximum absolute atomic E-state index is 4.96. The summed E-state index contributed by atoms with van der Waals surface area (Å²) in [4.78, 5) is 4.24. The largest absolute Gasteiger partial charge is 0.384 e. The highest BCUT2D eigenvalue weighted by Gasteiger charge is 1.96. The van der Waals surface area contributed by atoms with Gasteiger partial charge in [0.25, 0.3) is 0 Å². The van der Waals surface area contributed by atoms with Gasteiger partial charge < -0.3 is 4.74 Å². The van der Waals surface area contributed by atoms with E-state index in [0.29, 0.717) is 0 Å². The Morgan fingerprint density at radius 3 is 3.00 bits per heavy atom. The molecule has 2 nitrogen and oxygen atoms in total. The molecule has 0 fully saturated rings. The molecular weight excluding hydrogens is 138 g/mol. The Bertz CT molecular complexity index is 223. The summed E-state index contributed by atoms with van der Waals surface area (Å²) >= 11 is 0. The third kappa shape index (κ3) is 2.31. The molecule has 0 aromatic carbocycles. The highest BCUT2D eigenvalue weighted by molar-refractivity contribution is 5.17. The van der Waals surface area contributed by atoms with Crippen molar-refractivity contribution in [2.24, 2.45) is 0 Å². The molecule has 1 aromatic heterocycles. The first kappa shape index (κ1) is 8.21. The van der Waals surface area contributed by atoms with Gasteiger partial charge in [-0.2, -0.15) is 0 Å². The molecule has 0 spiro atoms. The van der Waals surface area contributed by atoms with Crippen LogP contribution < -0.4 is 0 Å². The molecule has 0 atom stereocenters. The second kappa shape index (κ2) is 4.09. The first-order chi connectivity index (χ1) is 5.34. The fraction of sp³-hybridized carbons (Fsp3) is 0.444. The fourth-order valence-corrected chi connectivity index (χ4v) is 0.979. The topological polar surface area (TPSA) is 22.1 Å². The smallest absolute Gasteiger partial charge is 0.0517 e. The van der Waals surface area contributed by atoms with Crippen molar-refractivity contribution in [3.63, 3.8) is 0 Å². The van der Waals surface area contributed by atoms with Gasteiger partial charge in [-0.15, -0.1) is 0 Å². The molecular formula is C9H13NO. The zero-order valence-electron chi connectivity index (χ0n) is 7.00. The molecule has 0 saturated heterocycles. The van der Waals surface area contributed by atoms with Crippen LogP contribution in [0.2, 0.25) is 0 Å². The average molecular weight is 151 g/mol. The van der Waals surface area contributed by atoms with Crippen LogP contribution in [-0.2, 0) is 11.2 Å². The molecule has 0 aliphatic rings. The molecule has 0 amide bonds. The number of aromatic nitrogens is 1. The maximum Gasteiger partial charge on any atom is 0.0517 e. The van der Waals surface area contributed by atoms with Crippen molar-refractivity contribution < 1.29 is 4.74 Å². The molecule has 1 heterocycles. The van der Waals surface area contributed by atoms with Crippen molar-refractivity contribution in [3.05, 3.63) is 29.6 Å². The zero-order valence-corrected chi connectivity index (χ0v) is 7.00. The molecule has 0 saturated carbocycles. The van der Waals surface area contributed by atoms with Crippen LogP contribution in [0.15, 0.2) is 18.3 Å². The first-order valence-electron chi connectivity index (χ1n) is 3.74. The van der Waals surface area contributed by atoms with Crippen LogP contribution in [0.25, 0.3) is 0 Å². The van der Waals surface area contributed by atoms with Gasteiger partial charge in [0.1, 0.15) is 0 Å². The van der Waals surface area contributed by atoms with Gasteiger partial charge in [-0.25, -0.2) is 0 Å². The predicted octanol–water partition coefficient (Wildman–Crippen LogP) is 1.58. The Morgan fingerprint density at radius 1 is 1.55 bits per heavy atom. The Morgan fingerprint density at radius 2 is 2.36 bits per heavy atom. The molecule has 11 heavy (non-hydrogen) atoms. The zero-order chi connectivity index (χ0) is 8.10. The number of ether oxygens (including phenoxy) is 1. The fourth-order valence-electron chi connectivity index (χ4n) is 0.979. The molecule has 2 heteroatoms. The summed E-state index contributed by atoms with van der Waals surface area (Å²) in [6, 6.07) is 4.02. The van der Waals surface area contributed by atoms with E-state index in [1.165, 1.54) is 5.56 Å². The lowest BCUT2D eigenvalue weighted by Crippen LogP contribution is -1.98. The van der Waals surface area contributed by atoms with E-state index < -0.39 is 0 Å². The molecule has 1 rings (SSSR count). The van der Waals surface area contributed by atoms with E-state index in [1.807, 2.05) is 12.3 Å². The van der Waals surface area contributed by atoms with Crippen molar-refractivity contribution in [3.8, 4) is 0 Å². The van der Waals surface area contributed by atoms with Crippen LogP contribution in [0.4, 0.5) is 0 Å². The number of hydrogen-bond acceptors (Lipinski definition) is 2. The first-order valence-corrected chi connectivity index (χ1v) is 3.74. The van der Waals surface area contributed by atoms with E-state index >= 15 is 0 Å². The summed E-state index contributed by atoms with van der Waals surface area (Å²) in [7, 11) is 1.71. The second-order valence-corrected chi connectivity index (χ2v) is 2.51. The van der Waals surface area contributed by atoms with Crippen LogP contribution in [0, 0.1) is 6.92 Å². The summed E-state index contributed by atoms with van der Waals surface area (Å²) < 4.78 is 4.96. The third-order valence-electron chi connectivity index (χ3n) is 1.66. The number of methoxy groups -OCH3 is 1. The average Bonchev–Trinajstić information content (AvgIpc) is 2.03. The Hall–Kier alpha value is -0.890. The van der Waals surface area contributed by atoms with Gasteiger partial charge in [-0.1, -0.05) is 6.07 Å². The summed E-state index contributed by atoms with van der Waals surface area (Å²) in [6.07, 6.45) is 2.72. The Labute approximate surface area is 67.2 Å². The highest BCUT2D eigenvalue weighted by atomic mass is 16.5. The van der Waals surface area contributed by atoms with Gasteiger partial charge in [0.15, 0.2) is 0 Å². The van der Waals surface area contributed by atoms with Gasteiger partial charge in [-0.3, -0.25) is 4.98 Å². The number of rotatable bonds is 3. The van der Waals surface area contributed by atoms with Gasteiger partial charge >= 0.3 is 0 Å². The van der Waals surface area contributed by atoms with E-state index in [1.54, 1.807) is 7.11 Å². The van der Waals surface area contributed by atoms with Crippen LogP contribution in [0.3, 0.4) is 0 Å². The Balaban J connectivity index is 2.62. The lowest BCUT2D eigenvalue weighted by Gasteiger charge is -2.01. The molecule has 0 aliphatic heterocycles. The molecule has 0 radical (unpaired) electrons. The highest BCUT2D eigenvalue weighted by Crippen LogP contribution is 2.03.